The van der Waals surface area contributed by atoms with Crippen LogP contribution in [0.15, 0.2) is 40.9 Å². The van der Waals surface area contributed by atoms with Crippen molar-refractivity contribution in [3.05, 3.63) is 62.8 Å². The monoisotopic (exact) mass is 406 g/mol. The van der Waals surface area contributed by atoms with Crippen molar-refractivity contribution in [2.45, 2.75) is 11.9 Å². The van der Waals surface area contributed by atoms with Crippen molar-refractivity contribution in [1.29, 1.82) is 0 Å². The van der Waals surface area contributed by atoms with Gasteiger partial charge >= 0.3 is 0 Å². The lowest BCUT2D eigenvalue weighted by Crippen LogP contribution is -1.99. The largest absolute Gasteiger partial charge is 0.487 e. The van der Waals surface area contributed by atoms with E-state index in [-0.39, 0.29) is 5.82 Å². The number of para-hydroxylation sites is 1. The van der Waals surface area contributed by atoms with Gasteiger partial charge in [-0.25, -0.2) is 4.39 Å². The summed E-state index contributed by atoms with van der Waals surface area (Å²) in [6, 6.07) is 10.4. The Kier molecular flexibility index (Phi) is 5.25. The van der Waals surface area contributed by atoms with Crippen molar-refractivity contribution < 1.29 is 9.13 Å². The summed E-state index contributed by atoms with van der Waals surface area (Å²) in [5.74, 6) is 0.365. The van der Waals surface area contributed by atoms with Crippen molar-refractivity contribution in [3.8, 4) is 5.75 Å². The second kappa shape index (κ2) is 6.73. The number of ether oxygens (including phenoxy) is 1. The first-order valence-electron chi connectivity index (χ1n) is 5.52. The van der Waals surface area contributed by atoms with Gasteiger partial charge in [0.15, 0.2) is 0 Å². The summed E-state index contributed by atoms with van der Waals surface area (Å²) in [5.41, 5.74) is 1.85. The summed E-state index contributed by atoms with van der Waals surface area (Å²) in [7, 11) is 0. The fraction of sp³-hybridized carbons (Fsp3) is 0.143. The smallest absolute Gasteiger partial charge is 0.142 e. The van der Waals surface area contributed by atoms with Crippen LogP contribution in [0.4, 0.5) is 4.39 Å². The molecule has 5 heteroatoms. The number of hydrogen-bond donors (Lipinski definition) is 0. The van der Waals surface area contributed by atoms with E-state index in [9.17, 15) is 4.39 Å². The molecule has 0 unspecified atom stereocenters. The molecule has 2 aromatic carbocycles. The Bertz CT molecular complexity index is 590. The first kappa shape index (κ1) is 14.8. The molecular formula is C14H10Br2ClFO. The van der Waals surface area contributed by atoms with Gasteiger partial charge < -0.3 is 4.74 Å². The normalized spacial score (nSPS) is 10.5. The van der Waals surface area contributed by atoms with Crippen LogP contribution in [0, 0.1) is 5.82 Å². The molecule has 0 atom stereocenters. The molecule has 0 saturated heterocycles. The summed E-state index contributed by atoms with van der Waals surface area (Å²) in [5, 5.41) is 1.23. The van der Waals surface area contributed by atoms with Crippen molar-refractivity contribution in [3.63, 3.8) is 0 Å². The van der Waals surface area contributed by atoms with Crippen LogP contribution in [-0.2, 0) is 11.9 Å². The number of halogens is 4. The molecule has 0 aliphatic rings. The van der Waals surface area contributed by atoms with E-state index in [0.29, 0.717) is 27.2 Å². The molecule has 0 N–H and O–H groups in total. The molecule has 19 heavy (non-hydrogen) atoms. The lowest BCUT2D eigenvalue weighted by molar-refractivity contribution is 0.304. The van der Waals surface area contributed by atoms with Gasteiger partial charge in [-0.15, -0.1) is 0 Å². The average molecular weight is 408 g/mol. The molecule has 1 nitrogen and oxygen atoms in total. The van der Waals surface area contributed by atoms with E-state index in [1.165, 1.54) is 6.07 Å². The highest BCUT2D eigenvalue weighted by Gasteiger charge is 2.08. The molecule has 0 saturated carbocycles. The minimum Gasteiger partial charge on any atom is -0.487 e. The lowest BCUT2D eigenvalue weighted by atomic mass is 10.2. The van der Waals surface area contributed by atoms with E-state index >= 15 is 0 Å². The van der Waals surface area contributed by atoms with E-state index in [4.69, 9.17) is 16.3 Å². The quantitative estimate of drug-likeness (QED) is 0.589. The van der Waals surface area contributed by atoms with E-state index in [1.807, 2.05) is 12.1 Å². The van der Waals surface area contributed by atoms with E-state index < -0.39 is 0 Å². The van der Waals surface area contributed by atoms with Gasteiger partial charge in [0.2, 0.25) is 0 Å². The van der Waals surface area contributed by atoms with Crippen molar-refractivity contribution in [2.24, 2.45) is 0 Å². The highest BCUT2D eigenvalue weighted by atomic mass is 79.9. The van der Waals surface area contributed by atoms with Gasteiger partial charge in [-0.3, -0.25) is 0 Å². The third-order valence-electron chi connectivity index (χ3n) is 2.56. The fourth-order valence-corrected chi connectivity index (χ4v) is 2.72. The first-order chi connectivity index (χ1) is 9.11. The second-order valence-corrected chi connectivity index (χ2v) is 5.72. The Morgan fingerprint density at radius 2 is 2.00 bits per heavy atom. The fourth-order valence-electron chi connectivity index (χ4n) is 1.61. The highest BCUT2D eigenvalue weighted by Crippen LogP contribution is 2.31. The van der Waals surface area contributed by atoms with Crippen molar-refractivity contribution >= 4 is 43.5 Å². The van der Waals surface area contributed by atoms with Gasteiger partial charge in [-0.2, -0.15) is 0 Å². The third kappa shape index (κ3) is 3.71. The summed E-state index contributed by atoms with van der Waals surface area (Å²) in [4.78, 5) is 0. The molecule has 100 valence electrons. The topological polar surface area (TPSA) is 9.23 Å². The zero-order valence-corrected chi connectivity index (χ0v) is 13.7. The molecule has 0 aromatic heterocycles. The summed E-state index contributed by atoms with van der Waals surface area (Å²) in [6.07, 6.45) is 0. The number of alkyl halides is 1. The van der Waals surface area contributed by atoms with Gasteiger partial charge in [0.1, 0.15) is 18.2 Å². The minimum absolute atomic E-state index is 0.289. The van der Waals surface area contributed by atoms with Crippen LogP contribution in [0.3, 0.4) is 0 Å². The zero-order valence-electron chi connectivity index (χ0n) is 9.80. The number of hydrogen-bond acceptors (Lipinski definition) is 1. The van der Waals surface area contributed by atoms with Gasteiger partial charge in [0, 0.05) is 10.9 Å². The van der Waals surface area contributed by atoms with Crippen LogP contribution in [0.1, 0.15) is 11.1 Å². The average Bonchev–Trinajstić information content (AvgIpc) is 2.41. The first-order valence-corrected chi connectivity index (χ1v) is 7.81. The molecule has 0 aliphatic heterocycles. The van der Waals surface area contributed by atoms with Crippen LogP contribution in [0.25, 0.3) is 0 Å². The standard InChI is InChI=1S/C14H10Br2ClFO/c15-7-10-2-1-3-12(17)14(10)19-8-9-4-5-13(18)11(16)6-9/h1-6H,7-8H2. The van der Waals surface area contributed by atoms with Crippen molar-refractivity contribution in [1.82, 2.24) is 0 Å². The SMILES string of the molecule is Fc1ccc(COc2c(Cl)cccc2CBr)cc1Br. The van der Waals surface area contributed by atoms with Gasteiger partial charge in [-0.05, 0) is 39.7 Å². The minimum atomic E-state index is -0.289. The number of rotatable bonds is 4. The number of benzene rings is 2. The lowest BCUT2D eigenvalue weighted by Gasteiger charge is -2.12. The Labute approximate surface area is 133 Å². The molecule has 2 aromatic rings. The van der Waals surface area contributed by atoms with Crippen LogP contribution in [0.5, 0.6) is 5.75 Å². The van der Waals surface area contributed by atoms with E-state index in [0.717, 1.165) is 11.1 Å². The molecule has 0 spiro atoms. The zero-order chi connectivity index (χ0) is 13.8. The van der Waals surface area contributed by atoms with E-state index in [2.05, 4.69) is 31.9 Å². The Hall–Kier alpha value is -0.580. The maximum atomic E-state index is 13.1. The maximum absolute atomic E-state index is 13.1. The maximum Gasteiger partial charge on any atom is 0.142 e. The van der Waals surface area contributed by atoms with Crippen molar-refractivity contribution in [2.75, 3.05) is 0 Å². The molecule has 0 fully saturated rings. The highest BCUT2D eigenvalue weighted by molar-refractivity contribution is 9.10. The second-order valence-electron chi connectivity index (χ2n) is 3.90. The Morgan fingerprint density at radius 1 is 1.21 bits per heavy atom. The molecule has 0 bridgehead atoms. The molecule has 0 heterocycles. The van der Waals surface area contributed by atoms with E-state index in [1.54, 1.807) is 18.2 Å². The Morgan fingerprint density at radius 3 is 2.68 bits per heavy atom. The van der Waals surface area contributed by atoms with Gasteiger partial charge in [-0.1, -0.05) is 45.7 Å². The van der Waals surface area contributed by atoms with Gasteiger partial charge in [0.05, 0.1) is 9.50 Å². The summed E-state index contributed by atoms with van der Waals surface area (Å²) in [6.45, 7) is 0.336. The van der Waals surface area contributed by atoms with Crippen LogP contribution in [-0.4, -0.2) is 0 Å². The predicted octanol–water partition coefficient (Wildman–Crippen LogP) is 5.72. The van der Waals surface area contributed by atoms with Crippen LogP contribution < -0.4 is 4.74 Å². The van der Waals surface area contributed by atoms with Gasteiger partial charge in [0.25, 0.3) is 0 Å². The third-order valence-corrected chi connectivity index (χ3v) is 4.07. The molecule has 0 radical (unpaired) electrons. The predicted molar refractivity (Wildman–Crippen MR) is 82.5 cm³/mol. The van der Waals surface area contributed by atoms with Crippen LogP contribution >= 0.6 is 43.5 Å². The Balaban J connectivity index is 2.16. The van der Waals surface area contributed by atoms with Crippen LogP contribution in [0.2, 0.25) is 5.02 Å². The molecule has 0 amide bonds. The summed E-state index contributed by atoms with van der Waals surface area (Å²) < 4.78 is 19.3. The molecule has 2 rings (SSSR count). The molecule has 0 aliphatic carbocycles. The molecular weight excluding hydrogens is 398 g/mol. The summed E-state index contributed by atoms with van der Waals surface area (Å²) >= 11 is 12.7.